The Balaban J connectivity index is 1.75. The van der Waals surface area contributed by atoms with Gasteiger partial charge in [-0.05, 0) is 43.4 Å². The molecule has 5 heteroatoms. The normalized spacial score (nSPS) is 28.1. The molecule has 4 nitrogen and oxygen atoms in total. The predicted molar refractivity (Wildman–Crippen MR) is 80.3 cm³/mol. The van der Waals surface area contributed by atoms with E-state index >= 15 is 0 Å². The molecule has 1 aromatic rings. The highest BCUT2D eigenvalue weighted by Gasteiger charge is 2.39. The average Bonchev–Trinajstić information content (AvgIpc) is 2.79. The molecule has 1 aromatic carbocycles. The number of carbonyl (C=O) groups excluding carboxylic acids is 1. The monoisotopic (exact) mass is 307 g/mol. The Morgan fingerprint density at radius 3 is 2.67 bits per heavy atom. The highest BCUT2D eigenvalue weighted by Crippen LogP contribution is 2.36. The van der Waals surface area contributed by atoms with Crippen LogP contribution < -0.4 is 0 Å². The third kappa shape index (κ3) is 2.91. The van der Waals surface area contributed by atoms with E-state index in [2.05, 4.69) is 5.16 Å². The van der Waals surface area contributed by atoms with Gasteiger partial charge in [-0.2, -0.15) is 0 Å². The zero-order valence-electron chi connectivity index (χ0n) is 11.9. The molecular formula is C16H18ClNO3. The fraction of sp³-hybridized carbons (Fsp3) is 0.500. The van der Waals surface area contributed by atoms with E-state index in [1.165, 1.54) is 7.11 Å². The topological polar surface area (TPSA) is 47.9 Å². The van der Waals surface area contributed by atoms with E-state index in [9.17, 15) is 4.79 Å². The maximum Gasteiger partial charge on any atom is 0.308 e. The smallest absolute Gasteiger partial charge is 0.308 e. The second kappa shape index (κ2) is 6.06. The van der Waals surface area contributed by atoms with Crippen LogP contribution in [0.25, 0.3) is 0 Å². The highest BCUT2D eigenvalue weighted by atomic mass is 35.5. The quantitative estimate of drug-likeness (QED) is 0.787. The van der Waals surface area contributed by atoms with Gasteiger partial charge in [0.25, 0.3) is 0 Å². The molecule has 1 fully saturated rings. The van der Waals surface area contributed by atoms with Gasteiger partial charge in [-0.1, -0.05) is 28.9 Å². The molecule has 1 aliphatic carbocycles. The number of fused-ring (bicyclic) bond motifs is 1. The lowest BCUT2D eigenvalue weighted by Crippen LogP contribution is -2.22. The van der Waals surface area contributed by atoms with Crippen LogP contribution in [-0.2, 0) is 14.4 Å². The summed E-state index contributed by atoms with van der Waals surface area (Å²) < 4.78 is 4.87. The summed E-state index contributed by atoms with van der Waals surface area (Å²) in [7, 11) is 1.45. The van der Waals surface area contributed by atoms with Gasteiger partial charge in [-0.3, -0.25) is 4.79 Å². The van der Waals surface area contributed by atoms with Crippen molar-refractivity contribution >= 4 is 23.3 Å². The SMILES string of the molecule is COC(=O)C1CCC2ON=C(c3ccc(Cl)cc3)C2CC1. The van der Waals surface area contributed by atoms with Crippen molar-refractivity contribution in [2.24, 2.45) is 17.0 Å². The van der Waals surface area contributed by atoms with Crippen molar-refractivity contribution in [3.63, 3.8) is 0 Å². The van der Waals surface area contributed by atoms with Crippen LogP contribution in [0.5, 0.6) is 0 Å². The lowest BCUT2D eigenvalue weighted by atomic mass is 9.89. The summed E-state index contributed by atoms with van der Waals surface area (Å²) in [6, 6.07) is 7.66. The highest BCUT2D eigenvalue weighted by molar-refractivity contribution is 6.30. The Labute approximate surface area is 129 Å². The molecule has 0 saturated heterocycles. The van der Waals surface area contributed by atoms with E-state index < -0.39 is 0 Å². The second-order valence-electron chi connectivity index (χ2n) is 5.61. The molecule has 0 bridgehead atoms. The number of benzene rings is 1. The van der Waals surface area contributed by atoms with E-state index in [1.807, 2.05) is 24.3 Å². The van der Waals surface area contributed by atoms with E-state index in [0.717, 1.165) is 37.0 Å². The number of ether oxygens (including phenoxy) is 1. The van der Waals surface area contributed by atoms with Crippen LogP contribution in [-0.4, -0.2) is 24.9 Å². The molecule has 1 heterocycles. The Hall–Kier alpha value is -1.55. The van der Waals surface area contributed by atoms with Crippen molar-refractivity contribution in [3.8, 4) is 0 Å². The molecule has 112 valence electrons. The molecule has 1 saturated carbocycles. The van der Waals surface area contributed by atoms with Crippen LogP contribution in [0.15, 0.2) is 29.4 Å². The number of halogens is 1. The van der Waals surface area contributed by atoms with Crippen LogP contribution in [0.4, 0.5) is 0 Å². The number of methoxy groups -OCH3 is 1. The third-order valence-electron chi connectivity index (χ3n) is 4.39. The fourth-order valence-corrected chi connectivity index (χ4v) is 3.32. The molecule has 0 aromatic heterocycles. The minimum Gasteiger partial charge on any atom is -0.469 e. The standard InChI is InChI=1S/C16H18ClNO3/c1-20-16(19)11-4-8-13-14(9-5-11)21-18-15(13)10-2-6-12(17)7-3-10/h2-3,6-7,11,13-14H,4-5,8-9H2,1H3. The minimum absolute atomic E-state index is 0.0179. The van der Waals surface area contributed by atoms with Gasteiger partial charge in [0.05, 0.1) is 18.7 Å². The molecule has 0 spiro atoms. The van der Waals surface area contributed by atoms with E-state index in [0.29, 0.717) is 5.02 Å². The molecule has 0 radical (unpaired) electrons. The van der Waals surface area contributed by atoms with Crippen molar-refractivity contribution in [1.82, 2.24) is 0 Å². The second-order valence-corrected chi connectivity index (χ2v) is 6.04. The van der Waals surface area contributed by atoms with Gasteiger partial charge in [0, 0.05) is 10.9 Å². The lowest BCUT2D eigenvalue weighted by Gasteiger charge is -2.15. The summed E-state index contributed by atoms with van der Waals surface area (Å²) in [6.07, 6.45) is 3.43. The Morgan fingerprint density at radius 1 is 1.24 bits per heavy atom. The largest absolute Gasteiger partial charge is 0.469 e. The van der Waals surface area contributed by atoms with Crippen molar-refractivity contribution in [2.75, 3.05) is 7.11 Å². The summed E-state index contributed by atoms with van der Waals surface area (Å²) >= 11 is 5.93. The molecule has 1 aliphatic heterocycles. The molecule has 3 atom stereocenters. The Bertz CT molecular complexity index is 555. The summed E-state index contributed by atoms with van der Waals surface area (Å²) in [5, 5.41) is 4.98. The first-order chi connectivity index (χ1) is 10.2. The molecule has 3 rings (SSSR count). The first-order valence-corrected chi connectivity index (χ1v) is 7.64. The number of esters is 1. The average molecular weight is 308 g/mol. The predicted octanol–water partition coefficient (Wildman–Crippen LogP) is 3.42. The van der Waals surface area contributed by atoms with Gasteiger partial charge in [0.15, 0.2) is 0 Å². The summed E-state index contributed by atoms with van der Waals surface area (Å²) in [5.41, 5.74) is 2.02. The van der Waals surface area contributed by atoms with Gasteiger partial charge < -0.3 is 9.57 Å². The third-order valence-corrected chi connectivity index (χ3v) is 4.64. The Kier molecular flexibility index (Phi) is 4.15. The van der Waals surface area contributed by atoms with Crippen molar-refractivity contribution in [2.45, 2.75) is 31.8 Å². The molecule has 2 aliphatic rings. The molecule has 21 heavy (non-hydrogen) atoms. The zero-order chi connectivity index (χ0) is 14.8. The summed E-state index contributed by atoms with van der Waals surface area (Å²) in [6.45, 7) is 0. The molecular weight excluding hydrogens is 290 g/mol. The number of nitrogens with zero attached hydrogens (tertiary/aromatic N) is 1. The van der Waals surface area contributed by atoms with Crippen molar-refractivity contribution in [1.29, 1.82) is 0 Å². The number of carbonyl (C=O) groups is 1. The lowest BCUT2D eigenvalue weighted by molar-refractivity contribution is -0.145. The maximum atomic E-state index is 11.7. The molecule has 0 N–H and O–H groups in total. The minimum atomic E-state index is -0.111. The van der Waals surface area contributed by atoms with Crippen LogP contribution in [0, 0.1) is 11.8 Å². The number of hydrogen-bond acceptors (Lipinski definition) is 4. The van der Waals surface area contributed by atoms with Crippen LogP contribution in [0.2, 0.25) is 5.02 Å². The molecule has 3 unspecified atom stereocenters. The number of hydrogen-bond donors (Lipinski definition) is 0. The van der Waals surface area contributed by atoms with Gasteiger partial charge in [0.1, 0.15) is 6.10 Å². The summed E-state index contributed by atoms with van der Waals surface area (Å²) in [5.74, 6) is 0.122. The van der Waals surface area contributed by atoms with Gasteiger partial charge in [0.2, 0.25) is 0 Å². The van der Waals surface area contributed by atoms with E-state index in [1.54, 1.807) is 0 Å². The number of oxime groups is 1. The first kappa shape index (κ1) is 14.4. The summed E-state index contributed by atoms with van der Waals surface area (Å²) in [4.78, 5) is 17.3. The van der Waals surface area contributed by atoms with Gasteiger partial charge >= 0.3 is 5.97 Å². The zero-order valence-corrected chi connectivity index (χ0v) is 12.7. The van der Waals surface area contributed by atoms with Crippen molar-refractivity contribution < 1.29 is 14.4 Å². The maximum absolute atomic E-state index is 11.7. The van der Waals surface area contributed by atoms with E-state index in [-0.39, 0.29) is 23.9 Å². The van der Waals surface area contributed by atoms with Gasteiger partial charge in [-0.15, -0.1) is 0 Å². The van der Waals surface area contributed by atoms with Crippen LogP contribution in [0.3, 0.4) is 0 Å². The molecule has 0 amide bonds. The van der Waals surface area contributed by atoms with Crippen molar-refractivity contribution in [3.05, 3.63) is 34.9 Å². The van der Waals surface area contributed by atoms with Gasteiger partial charge in [-0.25, -0.2) is 0 Å². The van der Waals surface area contributed by atoms with Crippen LogP contribution in [0.1, 0.15) is 31.2 Å². The van der Waals surface area contributed by atoms with E-state index in [4.69, 9.17) is 21.2 Å². The Morgan fingerprint density at radius 2 is 1.95 bits per heavy atom. The van der Waals surface area contributed by atoms with Crippen LogP contribution >= 0.6 is 11.6 Å². The fourth-order valence-electron chi connectivity index (χ4n) is 3.20. The number of rotatable bonds is 2. The first-order valence-electron chi connectivity index (χ1n) is 7.26.